The molecule has 0 amide bonds. The van der Waals surface area contributed by atoms with Crippen molar-refractivity contribution >= 4 is 5.69 Å². The summed E-state index contributed by atoms with van der Waals surface area (Å²) in [7, 11) is 1.35. The first-order chi connectivity index (χ1) is 7.99. The average Bonchev–Trinajstić information content (AvgIpc) is 2.30. The molecule has 3 N–H and O–H groups in total. The van der Waals surface area contributed by atoms with E-state index in [0.717, 1.165) is 6.42 Å². The number of ether oxygens (including phenoxy) is 1. The molecule has 0 aliphatic carbocycles. The van der Waals surface area contributed by atoms with E-state index in [1.54, 1.807) is 6.07 Å². The largest absolute Gasteiger partial charge is 0.500 e. The summed E-state index contributed by atoms with van der Waals surface area (Å²) in [6.07, 6.45) is 1.28. The van der Waals surface area contributed by atoms with E-state index in [2.05, 4.69) is 0 Å². The lowest BCUT2D eigenvalue weighted by Gasteiger charge is -2.11. The van der Waals surface area contributed by atoms with E-state index in [9.17, 15) is 15.2 Å². The van der Waals surface area contributed by atoms with Gasteiger partial charge in [-0.05, 0) is 24.5 Å². The maximum atomic E-state index is 10.8. The van der Waals surface area contributed by atoms with Crippen LogP contribution in [0, 0.1) is 10.1 Å². The molecule has 0 spiro atoms. The number of nitrogens with zero attached hydrogens (tertiary/aromatic N) is 1. The lowest BCUT2D eigenvalue weighted by Crippen LogP contribution is -2.21. The van der Waals surface area contributed by atoms with Gasteiger partial charge in [0.1, 0.15) is 0 Å². The van der Waals surface area contributed by atoms with Gasteiger partial charge < -0.3 is 15.6 Å². The molecular formula is C11H16N2O4. The van der Waals surface area contributed by atoms with Gasteiger partial charge in [-0.15, -0.1) is 0 Å². The van der Waals surface area contributed by atoms with Crippen LogP contribution in [0.25, 0.3) is 0 Å². The van der Waals surface area contributed by atoms with E-state index in [-0.39, 0.29) is 17.5 Å². The van der Waals surface area contributed by atoms with E-state index in [0.29, 0.717) is 12.0 Å². The summed E-state index contributed by atoms with van der Waals surface area (Å²) in [6, 6.07) is 2.83. The second-order valence-corrected chi connectivity index (χ2v) is 3.80. The van der Waals surface area contributed by atoms with Crippen molar-refractivity contribution in [3.8, 4) is 11.5 Å². The van der Waals surface area contributed by atoms with E-state index in [1.165, 1.54) is 13.2 Å². The zero-order chi connectivity index (χ0) is 13.0. The quantitative estimate of drug-likeness (QED) is 0.601. The summed E-state index contributed by atoms with van der Waals surface area (Å²) >= 11 is 0. The Hall–Kier alpha value is -1.82. The lowest BCUT2D eigenvalue weighted by atomic mass is 10.0. The highest BCUT2D eigenvalue weighted by Gasteiger charge is 2.20. The number of nitro benzene ring substituents is 1. The first-order valence-electron chi connectivity index (χ1n) is 5.29. The second-order valence-electron chi connectivity index (χ2n) is 3.80. The van der Waals surface area contributed by atoms with E-state index in [4.69, 9.17) is 10.5 Å². The molecule has 0 heterocycles. The molecule has 0 saturated heterocycles. The summed E-state index contributed by atoms with van der Waals surface area (Å²) in [6.45, 7) is 1.94. The van der Waals surface area contributed by atoms with Gasteiger partial charge in [-0.2, -0.15) is 0 Å². The summed E-state index contributed by atoms with van der Waals surface area (Å²) in [5.74, 6) is -0.358. The van der Waals surface area contributed by atoms with Crippen LogP contribution in [0.3, 0.4) is 0 Å². The summed E-state index contributed by atoms with van der Waals surface area (Å²) in [5, 5.41) is 20.3. The molecule has 1 aromatic carbocycles. The molecule has 1 atom stereocenters. The minimum atomic E-state index is -0.640. The van der Waals surface area contributed by atoms with Crippen molar-refractivity contribution in [2.45, 2.75) is 25.8 Å². The predicted molar refractivity (Wildman–Crippen MR) is 63.3 cm³/mol. The molecule has 1 unspecified atom stereocenters. The molecule has 1 aromatic rings. The van der Waals surface area contributed by atoms with Gasteiger partial charge in [0.15, 0.2) is 5.75 Å². The Morgan fingerprint density at radius 3 is 2.71 bits per heavy atom. The topological polar surface area (TPSA) is 98.6 Å². The van der Waals surface area contributed by atoms with Gasteiger partial charge >= 0.3 is 5.69 Å². The number of hydrogen-bond acceptors (Lipinski definition) is 5. The molecule has 1 rings (SSSR count). The van der Waals surface area contributed by atoms with Crippen LogP contribution in [0.4, 0.5) is 5.69 Å². The Morgan fingerprint density at radius 2 is 2.24 bits per heavy atom. The number of rotatable bonds is 5. The highest BCUT2D eigenvalue weighted by atomic mass is 16.6. The molecule has 0 fully saturated rings. The van der Waals surface area contributed by atoms with Crippen molar-refractivity contribution in [3.05, 3.63) is 27.8 Å². The zero-order valence-electron chi connectivity index (χ0n) is 9.84. The van der Waals surface area contributed by atoms with E-state index < -0.39 is 10.7 Å². The third kappa shape index (κ3) is 3.07. The number of methoxy groups -OCH3 is 1. The molecule has 0 aromatic heterocycles. The van der Waals surface area contributed by atoms with Gasteiger partial charge in [0.2, 0.25) is 5.75 Å². The molecule has 0 aliphatic rings. The number of benzene rings is 1. The summed E-state index contributed by atoms with van der Waals surface area (Å²) in [5.41, 5.74) is 6.11. The maximum absolute atomic E-state index is 10.8. The number of hydrogen-bond donors (Lipinski definition) is 2. The van der Waals surface area contributed by atoms with Crippen LogP contribution in [0.1, 0.15) is 18.9 Å². The van der Waals surface area contributed by atoms with Crippen molar-refractivity contribution in [2.75, 3.05) is 7.11 Å². The fourth-order valence-electron chi connectivity index (χ4n) is 1.51. The van der Waals surface area contributed by atoms with Gasteiger partial charge in [-0.25, -0.2) is 0 Å². The lowest BCUT2D eigenvalue weighted by molar-refractivity contribution is -0.386. The molecule has 0 bridgehead atoms. The highest BCUT2D eigenvalue weighted by molar-refractivity contribution is 5.57. The van der Waals surface area contributed by atoms with Crippen molar-refractivity contribution in [1.29, 1.82) is 0 Å². The number of nitro groups is 1. The Morgan fingerprint density at radius 1 is 1.59 bits per heavy atom. The Bertz CT molecular complexity index is 420. The number of phenolic OH excluding ortho intramolecular Hbond substituents is 1. The minimum Gasteiger partial charge on any atom is -0.500 e. The second kappa shape index (κ2) is 5.49. The predicted octanol–water partition coefficient (Wildman–Crippen LogP) is 1.59. The summed E-state index contributed by atoms with van der Waals surface area (Å²) in [4.78, 5) is 10.1. The molecule has 0 saturated carbocycles. The standard InChI is InChI=1S/C11H16N2O4/c1-3-8(12)4-7-5-9(13(15)16)11(14)10(6-7)17-2/h5-6,8,14H,3-4,12H2,1-2H3. The van der Waals surface area contributed by atoms with Gasteiger partial charge in [-0.3, -0.25) is 10.1 Å². The SMILES string of the molecule is CCC(N)Cc1cc(OC)c(O)c([N+](=O)[O-])c1. The van der Waals surface area contributed by atoms with Crippen LogP contribution in [-0.2, 0) is 6.42 Å². The van der Waals surface area contributed by atoms with E-state index in [1.807, 2.05) is 6.92 Å². The van der Waals surface area contributed by atoms with Crippen molar-refractivity contribution < 1.29 is 14.8 Å². The number of aromatic hydroxyl groups is 1. The first-order valence-corrected chi connectivity index (χ1v) is 5.29. The van der Waals surface area contributed by atoms with Crippen LogP contribution >= 0.6 is 0 Å². The molecule has 17 heavy (non-hydrogen) atoms. The van der Waals surface area contributed by atoms with Crippen LogP contribution in [0.15, 0.2) is 12.1 Å². The summed E-state index contributed by atoms with van der Waals surface area (Å²) < 4.78 is 4.90. The Labute approximate surface area is 99.2 Å². The maximum Gasteiger partial charge on any atom is 0.314 e. The Kier molecular flexibility index (Phi) is 4.28. The fourth-order valence-corrected chi connectivity index (χ4v) is 1.51. The normalized spacial score (nSPS) is 12.2. The molecule has 0 radical (unpaired) electrons. The van der Waals surface area contributed by atoms with Crippen molar-refractivity contribution in [3.63, 3.8) is 0 Å². The average molecular weight is 240 g/mol. The first kappa shape index (κ1) is 13.2. The molecule has 0 aliphatic heterocycles. The fraction of sp³-hybridized carbons (Fsp3) is 0.455. The number of phenols is 1. The van der Waals surface area contributed by atoms with Crippen LogP contribution in [0.2, 0.25) is 0 Å². The molecule has 6 heteroatoms. The van der Waals surface area contributed by atoms with Gasteiger partial charge in [0.25, 0.3) is 0 Å². The number of nitrogens with two attached hydrogens (primary N) is 1. The molecule has 94 valence electrons. The van der Waals surface area contributed by atoms with Gasteiger partial charge in [0, 0.05) is 12.1 Å². The van der Waals surface area contributed by atoms with Crippen LogP contribution in [0.5, 0.6) is 11.5 Å². The molecule has 6 nitrogen and oxygen atoms in total. The smallest absolute Gasteiger partial charge is 0.314 e. The van der Waals surface area contributed by atoms with Crippen molar-refractivity contribution in [1.82, 2.24) is 0 Å². The van der Waals surface area contributed by atoms with Gasteiger partial charge in [0.05, 0.1) is 12.0 Å². The third-order valence-corrected chi connectivity index (χ3v) is 2.55. The van der Waals surface area contributed by atoms with E-state index >= 15 is 0 Å². The zero-order valence-corrected chi connectivity index (χ0v) is 9.84. The monoisotopic (exact) mass is 240 g/mol. The minimum absolute atomic E-state index is 0.0659. The van der Waals surface area contributed by atoms with Crippen molar-refractivity contribution in [2.24, 2.45) is 5.73 Å². The third-order valence-electron chi connectivity index (χ3n) is 2.55. The molecular weight excluding hydrogens is 224 g/mol. The van der Waals surface area contributed by atoms with Gasteiger partial charge in [-0.1, -0.05) is 6.92 Å². The van der Waals surface area contributed by atoms with Crippen LogP contribution in [-0.4, -0.2) is 23.2 Å². The van der Waals surface area contributed by atoms with Crippen LogP contribution < -0.4 is 10.5 Å². The Balaban J connectivity index is 3.15. The highest BCUT2D eigenvalue weighted by Crippen LogP contribution is 2.37.